The fourth-order valence-electron chi connectivity index (χ4n) is 3.33. The van der Waals surface area contributed by atoms with Crippen molar-refractivity contribution in [3.63, 3.8) is 0 Å². The van der Waals surface area contributed by atoms with Crippen molar-refractivity contribution in [1.82, 2.24) is 19.7 Å². The number of rotatable bonds is 6. The number of likely N-dealkylation sites (tertiary alicyclic amines) is 1. The van der Waals surface area contributed by atoms with E-state index in [0.29, 0.717) is 19.1 Å². The maximum absolute atomic E-state index is 12.6. The van der Waals surface area contributed by atoms with Crippen LogP contribution >= 0.6 is 0 Å². The summed E-state index contributed by atoms with van der Waals surface area (Å²) in [6.45, 7) is 4.50. The molecule has 0 N–H and O–H groups in total. The zero-order chi connectivity index (χ0) is 17.6. The summed E-state index contributed by atoms with van der Waals surface area (Å²) in [6.07, 6.45) is 3.62. The highest BCUT2D eigenvalue weighted by Crippen LogP contribution is 2.26. The van der Waals surface area contributed by atoms with Gasteiger partial charge in [0.25, 0.3) is 0 Å². The molecule has 25 heavy (non-hydrogen) atoms. The quantitative estimate of drug-likeness (QED) is 0.809. The Balaban J connectivity index is 1.43. The van der Waals surface area contributed by atoms with Crippen molar-refractivity contribution in [3.05, 3.63) is 48.0 Å². The van der Waals surface area contributed by atoms with Crippen LogP contribution in [-0.4, -0.2) is 45.3 Å². The van der Waals surface area contributed by atoms with Gasteiger partial charge in [0, 0.05) is 26.1 Å². The monoisotopic (exact) mass is 342 g/mol. The Bertz CT molecular complexity index is 678. The third kappa shape index (κ3) is 4.45. The molecule has 0 aliphatic carbocycles. The lowest BCUT2D eigenvalue weighted by Gasteiger charge is -2.33. The molecule has 1 aliphatic rings. The third-order valence-electron chi connectivity index (χ3n) is 4.82. The van der Waals surface area contributed by atoms with E-state index in [1.807, 2.05) is 53.8 Å². The number of amides is 1. The van der Waals surface area contributed by atoms with E-state index in [0.717, 1.165) is 37.3 Å². The molecule has 1 atom stereocenters. The summed E-state index contributed by atoms with van der Waals surface area (Å²) in [6, 6.07) is 10.0. The molecule has 0 unspecified atom stereocenters. The number of piperidine rings is 1. The maximum Gasteiger partial charge on any atom is 0.227 e. The number of hydrogen-bond acceptors (Lipinski definition) is 4. The molecule has 1 saturated heterocycles. The lowest BCUT2D eigenvalue weighted by Crippen LogP contribution is -2.42. The van der Waals surface area contributed by atoms with Crippen molar-refractivity contribution in [2.24, 2.45) is 13.0 Å². The lowest BCUT2D eigenvalue weighted by atomic mass is 9.95. The van der Waals surface area contributed by atoms with E-state index >= 15 is 0 Å². The highest BCUT2D eigenvalue weighted by molar-refractivity contribution is 5.78. The van der Waals surface area contributed by atoms with Crippen LogP contribution in [0, 0.1) is 5.92 Å². The van der Waals surface area contributed by atoms with Crippen LogP contribution in [0.3, 0.4) is 0 Å². The van der Waals surface area contributed by atoms with Crippen LogP contribution in [0.2, 0.25) is 0 Å². The number of aryl methyl sites for hydroxylation is 1. The van der Waals surface area contributed by atoms with Gasteiger partial charge in [0.1, 0.15) is 12.2 Å². The molecule has 6 nitrogen and oxygen atoms in total. The highest BCUT2D eigenvalue weighted by Gasteiger charge is 2.28. The molecule has 1 amide bonds. The van der Waals surface area contributed by atoms with Gasteiger partial charge in [0.15, 0.2) is 0 Å². The number of benzene rings is 1. The van der Waals surface area contributed by atoms with Gasteiger partial charge in [0.2, 0.25) is 5.91 Å². The molecular weight excluding hydrogens is 316 g/mol. The van der Waals surface area contributed by atoms with Gasteiger partial charge in [-0.2, -0.15) is 0 Å². The number of carbonyl (C=O) groups is 1. The minimum absolute atomic E-state index is 0.116. The van der Waals surface area contributed by atoms with Crippen LogP contribution in [0.4, 0.5) is 0 Å². The Morgan fingerprint density at radius 3 is 2.64 bits per heavy atom. The summed E-state index contributed by atoms with van der Waals surface area (Å²) in [5.74, 6) is 1.48. The molecule has 134 valence electrons. The predicted octanol–water partition coefficient (Wildman–Crippen LogP) is 2.37. The average molecular weight is 342 g/mol. The van der Waals surface area contributed by atoms with Gasteiger partial charge in [-0.25, -0.2) is 0 Å². The Labute approximate surface area is 148 Å². The zero-order valence-corrected chi connectivity index (χ0v) is 15.0. The van der Waals surface area contributed by atoms with Gasteiger partial charge in [-0.3, -0.25) is 4.79 Å². The summed E-state index contributed by atoms with van der Waals surface area (Å²) >= 11 is 0. The third-order valence-corrected chi connectivity index (χ3v) is 4.82. The molecule has 2 aromatic rings. The van der Waals surface area contributed by atoms with E-state index < -0.39 is 0 Å². The number of nitrogens with zero attached hydrogens (tertiary/aromatic N) is 4. The normalized spacial score (nSPS) is 16.8. The van der Waals surface area contributed by atoms with E-state index in [4.69, 9.17) is 4.74 Å². The average Bonchev–Trinajstić information content (AvgIpc) is 3.08. The Morgan fingerprint density at radius 1 is 1.28 bits per heavy atom. The number of hydrogen-bond donors (Lipinski definition) is 0. The summed E-state index contributed by atoms with van der Waals surface area (Å²) in [7, 11) is 1.97. The second-order valence-corrected chi connectivity index (χ2v) is 6.80. The summed E-state index contributed by atoms with van der Waals surface area (Å²) in [5.41, 5.74) is 1.13. The predicted molar refractivity (Wildman–Crippen MR) is 94.8 cm³/mol. The van der Waals surface area contributed by atoms with Gasteiger partial charge >= 0.3 is 0 Å². The van der Waals surface area contributed by atoms with Crippen molar-refractivity contribution in [3.8, 4) is 0 Å². The molecule has 6 heteroatoms. The summed E-state index contributed by atoms with van der Waals surface area (Å²) < 4.78 is 7.69. The van der Waals surface area contributed by atoms with Crippen LogP contribution in [0.25, 0.3) is 0 Å². The van der Waals surface area contributed by atoms with E-state index in [1.165, 1.54) is 0 Å². The SMILES string of the molecule is C[C@H](COCc1ccccc1)C(=O)N1CCC(c2nncn2C)CC1. The lowest BCUT2D eigenvalue weighted by molar-refractivity contribution is -0.138. The topological polar surface area (TPSA) is 60.2 Å². The minimum Gasteiger partial charge on any atom is -0.376 e. The Kier molecular flexibility index (Phi) is 5.81. The molecule has 2 heterocycles. The molecule has 0 radical (unpaired) electrons. The van der Waals surface area contributed by atoms with Gasteiger partial charge in [0.05, 0.1) is 19.1 Å². The van der Waals surface area contributed by atoms with Crippen LogP contribution in [0.5, 0.6) is 0 Å². The largest absolute Gasteiger partial charge is 0.376 e. The van der Waals surface area contributed by atoms with Crippen molar-refractivity contribution in [2.45, 2.75) is 32.3 Å². The van der Waals surface area contributed by atoms with Gasteiger partial charge in [-0.05, 0) is 18.4 Å². The fraction of sp³-hybridized carbons (Fsp3) is 0.526. The fourth-order valence-corrected chi connectivity index (χ4v) is 3.33. The maximum atomic E-state index is 12.6. The van der Waals surface area contributed by atoms with Crippen molar-refractivity contribution >= 4 is 5.91 Å². The summed E-state index contributed by atoms with van der Waals surface area (Å²) in [5, 5.41) is 8.16. The molecule has 0 spiro atoms. The molecule has 1 aromatic carbocycles. The molecule has 1 aromatic heterocycles. The minimum atomic E-state index is -0.116. The zero-order valence-electron chi connectivity index (χ0n) is 15.0. The second-order valence-electron chi connectivity index (χ2n) is 6.80. The number of aromatic nitrogens is 3. The van der Waals surface area contributed by atoms with E-state index in [2.05, 4.69) is 10.2 Å². The Morgan fingerprint density at radius 2 is 2.00 bits per heavy atom. The van der Waals surface area contributed by atoms with Crippen LogP contribution in [0.1, 0.15) is 37.1 Å². The van der Waals surface area contributed by atoms with Crippen LogP contribution in [-0.2, 0) is 23.2 Å². The molecule has 0 saturated carbocycles. The van der Waals surface area contributed by atoms with E-state index in [1.54, 1.807) is 6.33 Å². The first-order valence-electron chi connectivity index (χ1n) is 8.89. The van der Waals surface area contributed by atoms with Crippen LogP contribution < -0.4 is 0 Å². The molecular formula is C19H26N4O2. The highest BCUT2D eigenvalue weighted by atomic mass is 16.5. The molecule has 1 fully saturated rings. The summed E-state index contributed by atoms with van der Waals surface area (Å²) in [4.78, 5) is 14.6. The number of carbonyl (C=O) groups excluding carboxylic acids is 1. The van der Waals surface area contributed by atoms with E-state index in [-0.39, 0.29) is 11.8 Å². The standard InChI is InChI=1S/C19H26N4O2/c1-15(12-25-13-16-6-4-3-5-7-16)19(24)23-10-8-17(9-11-23)18-21-20-14-22(18)2/h3-7,14-15,17H,8-13H2,1-2H3/t15-/m1/s1. The van der Waals surface area contributed by atoms with Gasteiger partial charge < -0.3 is 14.2 Å². The Hall–Kier alpha value is -2.21. The first-order valence-corrected chi connectivity index (χ1v) is 8.89. The van der Waals surface area contributed by atoms with Crippen molar-refractivity contribution in [2.75, 3.05) is 19.7 Å². The molecule has 3 rings (SSSR count). The second kappa shape index (κ2) is 8.25. The van der Waals surface area contributed by atoms with Crippen molar-refractivity contribution in [1.29, 1.82) is 0 Å². The smallest absolute Gasteiger partial charge is 0.227 e. The molecule has 0 bridgehead atoms. The molecule has 1 aliphatic heterocycles. The van der Waals surface area contributed by atoms with E-state index in [9.17, 15) is 4.79 Å². The van der Waals surface area contributed by atoms with Crippen molar-refractivity contribution < 1.29 is 9.53 Å². The first kappa shape index (κ1) is 17.6. The van der Waals surface area contributed by atoms with Gasteiger partial charge in [-0.15, -0.1) is 10.2 Å². The van der Waals surface area contributed by atoms with Gasteiger partial charge in [-0.1, -0.05) is 37.3 Å². The van der Waals surface area contributed by atoms with Crippen LogP contribution in [0.15, 0.2) is 36.7 Å². The first-order chi connectivity index (χ1) is 12.1. The number of ether oxygens (including phenoxy) is 1.